The molecule has 1 N–H and O–H groups in total. The molecule has 0 bridgehead atoms. The van der Waals surface area contributed by atoms with E-state index in [1.165, 1.54) is 4.31 Å². The monoisotopic (exact) mass is 358 g/mol. The second-order valence-electron chi connectivity index (χ2n) is 5.87. The smallest absolute Gasteiger partial charge is 0.246 e. The summed E-state index contributed by atoms with van der Waals surface area (Å²) in [6.07, 6.45) is 0.921. The van der Waals surface area contributed by atoms with Crippen LogP contribution < -0.4 is 5.32 Å². The summed E-state index contributed by atoms with van der Waals surface area (Å²) in [6.45, 7) is 0.756. The highest BCUT2D eigenvalue weighted by Gasteiger charge is 2.38. The SMILES string of the molecule is O=C1CO[C@H]2CCN(S(=O)(=O)CCc3cccc(Cl)c3)C[C@@H]2N1. The number of benzene rings is 1. The van der Waals surface area contributed by atoms with E-state index in [0.717, 1.165) is 5.56 Å². The lowest BCUT2D eigenvalue weighted by Crippen LogP contribution is -2.61. The molecule has 1 amide bonds. The zero-order chi connectivity index (χ0) is 16.4. The zero-order valence-electron chi connectivity index (χ0n) is 12.6. The third kappa shape index (κ3) is 4.03. The van der Waals surface area contributed by atoms with Crippen LogP contribution in [0.4, 0.5) is 0 Å². The van der Waals surface area contributed by atoms with Gasteiger partial charge in [-0.15, -0.1) is 0 Å². The summed E-state index contributed by atoms with van der Waals surface area (Å²) in [5.74, 6) is -0.163. The van der Waals surface area contributed by atoms with Crippen LogP contribution in [0, 0.1) is 0 Å². The van der Waals surface area contributed by atoms with Gasteiger partial charge in [-0.1, -0.05) is 23.7 Å². The average Bonchev–Trinajstić information content (AvgIpc) is 2.52. The minimum Gasteiger partial charge on any atom is -0.366 e. The number of piperidine rings is 1. The van der Waals surface area contributed by atoms with Crippen LogP contribution in [0.5, 0.6) is 0 Å². The Kier molecular flexibility index (Phi) is 4.91. The molecule has 3 rings (SSSR count). The van der Waals surface area contributed by atoms with Gasteiger partial charge < -0.3 is 10.1 Å². The second kappa shape index (κ2) is 6.76. The number of hydrogen-bond acceptors (Lipinski definition) is 4. The van der Waals surface area contributed by atoms with E-state index in [9.17, 15) is 13.2 Å². The fraction of sp³-hybridized carbons (Fsp3) is 0.533. The quantitative estimate of drug-likeness (QED) is 0.864. The Balaban J connectivity index is 1.62. The summed E-state index contributed by atoms with van der Waals surface area (Å²) in [5, 5.41) is 3.41. The number of ether oxygens (including phenoxy) is 1. The fourth-order valence-corrected chi connectivity index (χ4v) is 4.73. The second-order valence-corrected chi connectivity index (χ2v) is 8.39. The largest absolute Gasteiger partial charge is 0.366 e. The van der Waals surface area contributed by atoms with Crippen molar-refractivity contribution in [2.45, 2.75) is 25.0 Å². The first-order chi connectivity index (χ1) is 10.9. The first kappa shape index (κ1) is 16.7. The molecule has 2 atom stereocenters. The lowest BCUT2D eigenvalue weighted by molar-refractivity contribution is -0.139. The molecule has 2 heterocycles. The molecule has 0 spiro atoms. The normalized spacial score (nSPS) is 25.7. The standard InChI is InChI=1S/C15H19ClN2O4S/c16-12-3-1-2-11(8-12)5-7-23(20,21)18-6-4-14-13(9-18)17-15(19)10-22-14/h1-3,8,13-14H,4-7,9-10H2,(H,17,19)/t13-,14-/m0/s1. The molecule has 126 valence electrons. The molecule has 2 fully saturated rings. The van der Waals surface area contributed by atoms with Crippen LogP contribution in [-0.4, -0.2) is 56.2 Å². The van der Waals surface area contributed by atoms with Gasteiger partial charge in [-0.05, 0) is 30.5 Å². The number of nitrogens with one attached hydrogen (secondary N) is 1. The van der Waals surface area contributed by atoms with E-state index in [4.69, 9.17) is 16.3 Å². The lowest BCUT2D eigenvalue weighted by atomic mass is 10.0. The average molecular weight is 359 g/mol. The summed E-state index contributed by atoms with van der Waals surface area (Å²) in [7, 11) is -3.38. The van der Waals surface area contributed by atoms with Crippen LogP contribution in [0.3, 0.4) is 0 Å². The van der Waals surface area contributed by atoms with Crippen molar-refractivity contribution >= 4 is 27.5 Å². The van der Waals surface area contributed by atoms with Crippen LogP contribution in [0.15, 0.2) is 24.3 Å². The van der Waals surface area contributed by atoms with E-state index in [1.807, 2.05) is 12.1 Å². The number of carbonyl (C=O) groups is 1. The number of nitrogens with zero attached hydrogens (tertiary/aromatic N) is 1. The number of halogens is 1. The molecule has 2 aliphatic rings. The molecular formula is C15H19ClN2O4S. The molecule has 1 aromatic carbocycles. The van der Waals surface area contributed by atoms with Crippen molar-refractivity contribution < 1.29 is 17.9 Å². The maximum absolute atomic E-state index is 12.5. The van der Waals surface area contributed by atoms with Gasteiger partial charge in [0, 0.05) is 18.1 Å². The first-order valence-electron chi connectivity index (χ1n) is 7.57. The third-order valence-corrected chi connectivity index (χ3v) is 6.29. The molecular weight excluding hydrogens is 340 g/mol. The highest BCUT2D eigenvalue weighted by molar-refractivity contribution is 7.89. The lowest BCUT2D eigenvalue weighted by Gasteiger charge is -2.40. The van der Waals surface area contributed by atoms with Gasteiger partial charge in [0.2, 0.25) is 15.9 Å². The highest BCUT2D eigenvalue weighted by atomic mass is 35.5. The van der Waals surface area contributed by atoms with E-state index in [0.29, 0.717) is 24.4 Å². The van der Waals surface area contributed by atoms with Crippen LogP contribution >= 0.6 is 11.6 Å². The van der Waals surface area contributed by atoms with Crippen LogP contribution in [0.1, 0.15) is 12.0 Å². The fourth-order valence-electron chi connectivity index (χ4n) is 2.99. The molecule has 2 saturated heterocycles. The van der Waals surface area contributed by atoms with E-state index in [2.05, 4.69) is 5.32 Å². The number of carbonyl (C=O) groups excluding carboxylic acids is 1. The first-order valence-corrected chi connectivity index (χ1v) is 9.56. The maximum Gasteiger partial charge on any atom is 0.246 e. The molecule has 1 aromatic rings. The minimum atomic E-state index is -3.38. The van der Waals surface area contributed by atoms with E-state index in [-0.39, 0.29) is 37.0 Å². The van der Waals surface area contributed by atoms with E-state index >= 15 is 0 Å². The highest BCUT2D eigenvalue weighted by Crippen LogP contribution is 2.21. The Morgan fingerprint density at radius 3 is 3.00 bits per heavy atom. The Hall–Kier alpha value is -1.15. The summed E-state index contributed by atoms with van der Waals surface area (Å²) >= 11 is 5.92. The Bertz CT molecular complexity index is 694. The van der Waals surface area contributed by atoms with Crippen molar-refractivity contribution in [3.8, 4) is 0 Å². The Morgan fingerprint density at radius 2 is 2.22 bits per heavy atom. The van der Waals surface area contributed by atoms with Gasteiger partial charge in [-0.25, -0.2) is 8.42 Å². The van der Waals surface area contributed by atoms with Crippen molar-refractivity contribution in [3.63, 3.8) is 0 Å². The molecule has 2 aliphatic heterocycles. The number of fused-ring (bicyclic) bond motifs is 1. The molecule has 0 aliphatic carbocycles. The molecule has 0 aromatic heterocycles. The Morgan fingerprint density at radius 1 is 1.39 bits per heavy atom. The summed E-state index contributed by atoms with van der Waals surface area (Å²) < 4.78 is 32.0. The third-order valence-electron chi connectivity index (χ3n) is 4.22. The molecule has 6 nitrogen and oxygen atoms in total. The maximum atomic E-state index is 12.5. The summed E-state index contributed by atoms with van der Waals surface area (Å²) in [5.41, 5.74) is 0.894. The number of rotatable bonds is 4. The van der Waals surface area contributed by atoms with Crippen molar-refractivity contribution in [1.82, 2.24) is 9.62 Å². The van der Waals surface area contributed by atoms with Crippen LogP contribution in [0.25, 0.3) is 0 Å². The van der Waals surface area contributed by atoms with Gasteiger partial charge in [0.05, 0.1) is 17.9 Å². The van der Waals surface area contributed by atoms with Gasteiger partial charge >= 0.3 is 0 Å². The van der Waals surface area contributed by atoms with Crippen molar-refractivity contribution in [1.29, 1.82) is 0 Å². The number of morpholine rings is 1. The topological polar surface area (TPSA) is 75.7 Å². The van der Waals surface area contributed by atoms with Crippen molar-refractivity contribution in [3.05, 3.63) is 34.9 Å². The van der Waals surface area contributed by atoms with Gasteiger partial charge in [0.1, 0.15) is 6.61 Å². The van der Waals surface area contributed by atoms with E-state index < -0.39 is 10.0 Å². The van der Waals surface area contributed by atoms with Gasteiger partial charge in [0.25, 0.3) is 0 Å². The van der Waals surface area contributed by atoms with Crippen LogP contribution in [-0.2, 0) is 26.0 Å². The van der Waals surface area contributed by atoms with Crippen molar-refractivity contribution in [2.24, 2.45) is 0 Å². The van der Waals surface area contributed by atoms with Crippen LogP contribution in [0.2, 0.25) is 5.02 Å². The summed E-state index contributed by atoms with van der Waals surface area (Å²) in [4.78, 5) is 11.4. The summed E-state index contributed by atoms with van der Waals surface area (Å²) in [6, 6.07) is 6.95. The van der Waals surface area contributed by atoms with E-state index in [1.54, 1.807) is 12.1 Å². The van der Waals surface area contributed by atoms with Gasteiger partial charge in [-0.3, -0.25) is 4.79 Å². The molecule has 23 heavy (non-hydrogen) atoms. The number of amides is 1. The number of aryl methyl sites for hydroxylation is 1. The number of hydrogen-bond donors (Lipinski definition) is 1. The van der Waals surface area contributed by atoms with Gasteiger partial charge in [-0.2, -0.15) is 4.31 Å². The van der Waals surface area contributed by atoms with Crippen molar-refractivity contribution in [2.75, 3.05) is 25.4 Å². The molecule has 0 unspecified atom stereocenters. The predicted octanol–water partition coefficient (Wildman–Crippen LogP) is 0.802. The molecule has 0 radical (unpaired) electrons. The number of sulfonamides is 1. The minimum absolute atomic E-state index is 0.0273. The Labute approximate surface area is 140 Å². The molecule has 8 heteroatoms. The van der Waals surface area contributed by atoms with Gasteiger partial charge in [0.15, 0.2) is 0 Å². The zero-order valence-corrected chi connectivity index (χ0v) is 14.1. The molecule has 0 saturated carbocycles. The predicted molar refractivity (Wildman–Crippen MR) is 86.8 cm³/mol.